The lowest BCUT2D eigenvalue weighted by Gasteiger charge is -2.21. The van der Waals surface area contributed by atoms with Gasteiger partial charge in [-0.3, -0.25) is 4.79 Å². The number of halogens is 1. The van der Waals surface area contributed by atoms with Crippen LogP contribution in [0.15, 0.2) is 57.6 Å². The molecule has 0 aliphatic heterocycles. The molecule has 1 aromatic heterocycles. The third-order valence-electron chi connectivity index (χ3n) is 3.13. The summed E-state index contributed by atoms with van der Waals surface area (Å²) in [6, 6.07) is 14.3. The topological polar surface area (TPSA) is 83.5 Å². The lowest BCUT2D eigenvalue weighted by molar-refractivity contribution is -0.142. The number of carbonyl (C=O) groups is 2. The van der Waals surface area contributed by atoms with Gasteiger partial charge in [0, 0.05) is 18.3 Å². The molecule has 1 amide bonds. The Morgan fingerprint density at radius 1 is 1.24 bits per heavy atom. The van der Waals surface area contributed by atoms with Crippen molar-refractivity contribution in [1.29, 1.82) is 5.26 Å². The van der Waals surface area contributed by atoms with Gasteiger partial charge in [0.05, 0.1) is 12.5 Å². The Labute approximate surface area is 153 Å². The van der Waals surface area contributed by atoms with Crippen LogP contribution in [-0.2, 0) is 14.3 Å². The first-order valence-corrected chi connectivity index (χ1v) is 8.22. The predicted octanol–water partition coefficient (Wildman–Crippen LogP) is 3.55. The van der Waals surface area contributed by atoms with Gasteiger partial charge in [0.1, 0.15) is 5.76 Å². The highest BCUT2D eigenvalue weighted by atomic mass is 79.9. The van der Waals surface area contributed by atoms with Gasteiger partial charge < -0.3 is 14.1 Å². The van der Waals surface area contributed by atoms with E-state index in [1.807, 2.05) is 12.1 Å². The van der Waals surface area contributed by atoms with Gasteiger partial charge >= 0.3 is 5.97 Å². The number of amides is 1. The Bertz CT molecular complexity index is 793. The fraction of sp³-hybridized carbons (Fsp3) is 0.167. The summed E-state index contributed by atoms with van der Waals surface area (Å²) in [4.78, 5) is 25.5. The maximum Gasteiger partial charge on any atom is 0.331 e. The van der Waals surface area contributed by atoms with E-state index < -0.39 is 18.5 Å². The SMILES string of the molecule is N#CCCN(C(=O)COC(=O)C=Cc1ccc(Br)o1)c1ccccc1. The molecule has 0 saturated heterocycles. The van der Waals surface area contributed by atoms with E-state index in [4.69, 9.17) is 14.4 Å². The van der Waals surface area contributed by atoms with Gasteiger partial charge in [-0.2, -0.15) is 5.26 Å². The number of nitrogens with zero attached hydrogens (tertiary/aromatic N) is 2. The van der Waals surface area contributed by atoms with Crippen LogP contribution >= 0.6 is 15.9 Å². The summed E-state index contributed by atoms with van der Waals surface area (Å²) < 4.78 is 10.7. The van der Waals surface area contributed by atoms with Gasteiger partial charge in [0.15, 0.2) is 11.3 Å². The Kier molecular flexibility index (Phi) is 6.99. The molecule has 2 rings (SSSR count). The van der Waals surface area contributed by atoms with E-state index in [2.05, 4.69) is 15.9 Å². The second kappa shape index (κ2) is 9.45. The molecule has 0 saturated carbocycles. The Balaban J connectivity index is 1.92. The minimum absolute atomic E-state index is 0.182. The average Bonchev–Trinajstić information content (AvgIpc) is 3.05. The van der Waals surface area contributed by atoms with Crippen molar-refractivity contribution in [2.75, 3.05) is 18.1 Å². The fourth-order valence-electron chi connectivity index (χ4n) is 1.99. The van der Waals surface area contributed by atoms with Crippen molar-refractivity contribution in [1.82, 2.24) is 0 Å². The second-order valence-corrected chi connectivity index (χ2v) is 5.65. The molecule has 0 unspecified atom stereocenters. The van der Waals surface area contributed by atoms with Crippen LogP contribution in [0.1, 0.15) is 12.2 Å². The van der Waals surface area contributed by atoms with Crippen LogP contribution < -0.4 is 4.90 Å². The van der Waals surface area contributed by atoms with Gasteiger partial charge in [-0.25, -0.2) is 4.79 Å². The number of para-hydroxylation sites is 1. The van der Waals surface area contributed by atoms with Gasteiger partial charge in [-0.1, -0.05) is 18.2 Å². The van der Waals surface area contributed by atoms with Crippen LogP contribution in [0.5, 0.6) is 0 Å². The lowest BCUT2D eigenvalue weighted by Crippen LogP contribution is -2.35. The maximum absolute atomic E-state index is 12.3. The van der Waals surface area contributed by atoms with E-state index in [1.165, 1.54) is 17.1 Å². The number of carbonyl (C=O) groups excluding carboxylic acids is 2. The van der Waals surface area contributed by atoms with Crippen molar-refractivity contribution in [2.24, 2.45) is 0 Å². The zero-order valence-electron chi connectivity index (χ0n) is 13.2. The van der Waals surface area contributed by atoms with Crippen LogP contribution in [0, 0.1) is 11.3 Å². The summed E-state index contributed by atoms with van der Waals surface area (Å²) in [6.45, 7) is -0.182. The quantitative estimate of drug-likeness (QED) is 0.522. The van der Waals surface area contributed by atoms with Crippen molar-refractivity contribution >= 4 is 39.6 Å². The molecule has 6 nitrogen and oxygen atoms in total. The van der Waals surface area contributed by atoms with Crippen molar-refractivity contribution in [3.8, 4) is 6.07 Å². The first kappa shape index (κ1) is 18.5. The number of hydrogen-bond donors (Lipinski definition) is 0. The number of hydrogen-bond acceptors (Lipinski definition) is 5. The summed E-state index contributed by atoms with van der Waals surface area (Å²) >= 11 is 3.16. The predicted molar refractivity (Wildman–Crippen MR) is 95.4 cm³/mol. The fourth-order valence-corrected chi connectivity index (χ4v) is 2.31. The van der Waals surface area contributed by atoms with E-state index in [1.54, 1.807) is 36.4 Å². The van der Waals surface area contributed by atoms with Crippen LogP contribution in [-0.4, -0.2) is 25.0 Å². The number of benzene rings is 1. The largest absolute Gasteiger partial charge is 0.452 e. The number of rotatable bonds is 7. The molecule has 1 heterocycles. The second-order valence-electron chi connectivity index (χ2n) is 4.87. The molecule has 0 atom stereocenters. The lowest BCUT2D eigenvalue weighted by atomic mass is 10.2. The highest BCUT2D eigenvalue weighted by molar-refractivity contribution is 9.10. The molecule has 0 spiro atoms. The molecule has 128 valence electrons. The Hall–Kier alpha value is -2.85. The van der Waals surface area contributed by atoms with Gasteiger partial charge in [0.2, 0.25) is 0 Å². The normalized spacial score (nSPS) is 10.4. The van der Waals surface area contributed by atoms with Crippen LogP contribution in [0.4, 0.5) is 5.69 Å². The molecule has 0 aliphatic rings. The number of ether oxygens (including phenoxy) is 1. The minimum atomic E-state index is -0.658. The van der Waals surface area contributed by atoms with E-state index in [0.29, 0.717) is 16.1 Å². The molecule has 0 N–H and O–H groups in total. The smallest absolute Gasteiger partial charge is 0.331 e. The molecule has 2 aromatic rings. The van der Waals surface area contributed by atoms with Crippen molar-refractivity contribution in [3.05, 3.63) is 59.0 Å². The summed E-state index contributed by atoms with van der Waals surface area (Å²) in [5, 5.41) is 8.75. The first-order chi connectivity index (χ1) is 12.1. The zero-order chi connectivity index (χ0) is 18.1. The number of esters is 1. The van der Waals surface area contributed by atoms with E-state index in [9.17, 15) is 9.59 Å². The molecule has 0 radical (unpaired) electrons. The third-order valence-corrected chi connectivity index (χ3v) is 3.56. The van der Waals surface area contributed by atoms with Crippen molar-refractivity contribution in [2.45, 2.75) is 6.42 Å². The monoisotopic (exact) mass is 402 g/mol. The molecule has 0 aliphatic carbocycles. The number of furan rings is 1. The molecule has 1 aromatic carbocycles. The van der Waals surface area contributed by atoms with Gasteiger partial charge in [-0.05, 0) is 46.3 Å². The minimum Gasteiger partial charge on any atom is -0.452 e. The standard InChI is InChI=1S/C18H15BrN2O4/c19-16-9-7-15(25-16)8-10-18(23)24-13-17(22)21(12-4-11-20)14-5-2-1-3-6-14/h1-3,5-10H,4,12-13H2. The van der Waals surface area contributed by atoms with E-state index in [-0.39, 0.29) is 13.0 Å². The summed E-state index contributed by atoms with van der Waals surface area (Å²) in [6.07, 6.45) is 2.81. The molecule has 7 heteroatoms. The number of anilines is 1. The highest BCUT2D eigenvalue weighted by Crippen LogP contribution is 2.15. The third kappa shape index (κ3) is 5.94. The Morgan fingerprint density at radius 3 is 2.64 bits per heavy atom. The highest BCUT2D eigenvalue weighted by Gasteiger charge is 2.16. The van der Waals surface area contributed by atoms with Crippen molar-refractivity contribution in [3.63, 3.8) is 0 Å². The van der Waals surface area contributed by atoms with Crippen molar-refractivity contribution < 1.29 is 18.7 Å². The average molecular weight is 403 g/mol. The number of nitriles is 1. The van der Waals surface area contributed by atoms with Gasteiger partial charge in [0.25, 0.3) is 5.91 Å². The molecular weight excluding hydrogens is 388 g/mol. The Morgan fingerprint density at radius 2 is 2.00 bits per heavy atom. The first-order valence-electron chi connectivity index (χ1n) is 7.42. The van der Waals surface area contributed by atoms with E-state index in [0.717, 1.165) is 0 Å². The maximum atomic E-state index is 12.3. The van der Waals surface area contributed by atoms with Gasteiger partial charge in [-0.15, -0.1) is 0 Å². The molecule has 0 fully saturated rings. The van der Waals surface area contributed by atoms with Crippen LogP contribution in [0.3, 0.4) is 0 Å². The zero-order valence-corrected chi connectivity index (χ0v) is 14.8. The molecular formula is C18H15BrN2O4. The van der Waals surface area contributed by atoms with Crippen LogP contribution in [0.25, 0.3) is 6.08 Å². The molecule has 25 heavy (non-hydrogen) atoms. The summed E-state index contributed by atoms with van der Waals surface area (Å²) in [5.41, 5.74) is 0.648. The van der Waals surface area contributed by atoms with Crippen LogP contribution in [0.2, 0.25) is 0 Å². The van der Waals surface area contributed by atoms with E-state index >= 15 is 0 Å². The summed E-state index contributed by atoms with van der Waals surface area (Å²) in [5.74, 6) is -0.576. The summed E-state index contributed by atoms with van der Waals surface area (Å²) in [7, 11) is 0. The molecule has 0 bridgehead atoms.